The summed E-state index contributed by atoms with van der Waals surface area (Å²) in [5, 5.41) is 0. The molecule has 0 saturated heterocycles. The van der Waals surface area contributed by atoms with Gasteiger partial charge in [-0.25, -0.2) is 0 Å². The highest BCUT2D eigenvalue weighted by atomic mass is 14.2. The van der Waals surface area contributed by atoms with Gasteiger partial charge in [-0.15, -0.1) is 0 Å². The minimum Gasteiger partial charge on any atom is -0.0985 e. The SMILES string of the molecule is C=C/C(=C\C=C(/C)C(C)(C)C)c1cc(C=C)cc(C(C)(C)C)c1.CC. The van der Waals surface area contributed by atoms with Crippen LogP contribution in [-0.4, -0.2) is 0 Å². The van der Waals surface area contributed by atoms with Gasteiger partial charge < -0.3 is 0 Å². The van der Waals surface area contributed by atoms with Crippen molar-refractivity contribution < 1.29 is 0 Å². The molecule has 1 aromatic rings. The monoisotopic (exact) mass is 338 g/mol. The fraction of sp³-hybridized carbons (Fsp3) is 0.440. The molecular formula is C25H38. The first kappa shape index (κ1) is 23.2. The first-order valence-corrected chi connectivity index (χ1v) is 9.29. The van der Waals surface area contributed by atoms with Crippen LogP contribution in [0.2, 0.25) is 0 Å². The van der Waals surface area contributed by atoms with Gasteiger partial charge in [0.2, 0.25) is 0 Å². The molecule has 0 nitrogen and oxygen atoms in total. The van der Waals surface area contributed by atoms with Crippen LogP contribution in [0.3, 0.4) is 0 Å². The Morgan fingerprint density at radius 2 is 1.44 bits per heavy atom. The number of rotatable bonds is 4. The summed E-state index contributed by atoms with van der Waals surface area (Å²) in [5.74, 6) is 0. The van der Waals surface area contributed by atoms with Crippen LogP contribution in [0.25, 0.3) is 11.6 Å². The van der Waals surface area contributed by atoms with Gasteiger partial charge in [-0.2, -0.15) is 0 Å². The highest BCUT2D eigenvalue weighted by Crippen LogP contribution is 2.29. The summed E-state index contributed by atoms with van der Waals surface area (Å²) in [6.45, 7) is 27.5. The summed E-state index contributed by atoms with van der Waals surface area (Å²) in [5.41, 5.74) is 6.45. The molecule has 0 aliphatic heterocycles. The van der Waals surface area contributed by atoms with Crippen molar-refractivity contribution in [2.75, 3.05) is 0 Å². The van der Waals surface area contributed by atoms with Crippen LogP contribution in [0, 0.1) is 5.41 Å². The lowest BCUT2D eigenvalue weighted by Crippen LogP contribution is -2.11. The van der Waals surface area contributed by atoms with Gasteiger partial charge in [-0.1, -0.05) is 111 Å². The third kappa shape index (κ3) is 7.30. The second-order valence-electron chi connectivity index (χ2n) is 8.22. The molecule has 0 atom stereocenters. The Labute approximate surface area is 157 Å². The number of benzene rings is 1. The largest absolute Gasteiger partial charge is 0.0985 e. The molecule has 0 radical (unpaired) electrons. The number of hydrogen-bond acceptors (Lipinski definition) is 0. The van der Waals surface area contributed by atoms with E-state index < -0.39 is 0 Å². The second kappa shape index (κ2) is 9.61. The van der Waals surface area contributed by atoms with Crippen molar-refractivity contribution >= 4 is 11.6 Å². The molecule has 0 amide bonds. The summed E-state index contributed by atoms with van der Waals surface area (Å²) in [7, 11) is 0. The molecule has 0 fully saturated rings. The zero-order valence-electron chi connectivity index (χ0n) is 18.0. The quantitative estimate of drug-likeness (QED) is 0.485. The first-order chi connectivity index (χ1) is 11.5. The summed E-state index contributed by atoms with van der Waals surface area (Å²) < 4.78 is 0. The Morgan fingerprint density at radius 1 is 0.880 bits per heavy atom. The molecule has 0 unspecified atom stereocenters. The maximum atomic E-state index is 4.00. The van der Waals surface area contributed by atoms with Gasteiger partial charge in [0.25, 0.3) is 0 Å². The van der Waals surface area contributed by atoms with Crippen LogP contribution < -0.4 is 0 Å². The van der Waals surface area contributed by atoms with Gasteiger partial charge in [0.05, 0.1) is 0 Å². The lowest BCUT2D eigenvalue weighted by Gasteiger charge is -2.21. The minimum atomic E-state index is 0.108. The highest BCUT2D eigenvalue weighted by Gasteiger charge is 2.15. The average Bonchev–Trinajstić information content (AvgIpc) is 2.55. The van der Waals surface area contributed by atoms with E-state index in [-0.39, 0.29) is 10.8 Å². The topological polar surface area (TPSA) is 0 Å². The molecule has 1 aromatic carbocycles. The third-order valence-electron chi connectivity index (χ3n) is 4.31. The van der Waals surface area contributed by atoms with Gasteiger partial charge in [0.1, 0.15) is 0 Å². The Bertz CT molecular complexity index is 638. The Morgan fingerprint density at radius 3 is 1.84 bits per heavy atom. The normalized spacial score (nSPS) is 13.0. The van der Waals surface area contributed by atoms with Gasteiger partial charge in [0.15, 0.2) is 0 Å². The van der Waals surface area contributed by atoms with E-state index in [0.717, 1.165) is 11.1 Å². The Balaban J connectivity index is 0.00000277. The standard InChI is InChI=1S/C23H32.C2H6/c1-10-18-14-20(16-21(15-18)23(7,8)9)19(11-2)13-12-17(3)22(4,5)6;1-2/h10-16H,1-2H2,3-9H3;1-2H3/b17-12+,19-13+;. The lowest BCUT2D eigenvalue weighted by molar-refractivity contribution is 0.504. The zero-order valence-corrected chi connectivity index (χ0v) is 18.0. The molecule has 0 aliphatic rings. The second-order valence-corrected chi connectivity index (χ2v) is 8.22. The smallest absolute Gasteiger partial charge is 0.0131 e. The third-order valence-corrected chi connectivity index (χ3v) is 4.31. The molecule has 0 heterocycles. The van der Waals surface area contributed by atoms with Crippen molar-refractivity contribution in [3.8, 4) is 0 Å². The molecule has 0 spiro atoms. The van der Waals surface area contributed by atoms with E-state index in [2.05, 4.69) is 92.0 Å². The average molecular weight is 339 g/mol. The predicted octanol–water partition coefficient (Wildman–Crippen LogP) is 8.22. The number of hydrogen-bond donors (Lipinski definition) is 0. The predicted molar refractivity (Wildman–Crippen MR) is 118 cm³/mol. The summed E-state index contributed by atoms with van der Waals surface area (Å²) in [4.78, 5) is 0. The first-order valence-electron chi connectivity index (χ1n) is 9.29. The number of allylic oxidation sites excluding steroid dienone is 5. The van der Waals surface area contributed by atoms with E-state index in [0.29, 0.717) is 0 Å². The minimum absolute atomic E-state index is 0.108. The maximum absolute atomic E-state index is 4.00. The van der Waals surface area contributed by atoms with Crippen molar-refractivity contribution in [1.29, 1.82) is 0 Å². The van der Waals surface area contributed by atoms with Crippen LogP contribution in [-0.2, 0) is 5.41 Å². The Kier molecular flexibility index (Phi) is 8.91. The molecule has 1 rings (SSSR count). The van der Waals surface area contributed by atoms with Gasteiger partial charge in [0, 0.05) is 0 Å². The highest BCUT2D eigenvalue weighted by molar-refractivity contribution is 5.77. The molecule has 25 heavy (non-hydrogen) atoms. The van der Waals surface area contributed by atoms with Crippen molar-refractivity contribution in [2.24, 2.45) is 5.41 Å². The van der Waals surface area contributed by atoms with Crippen LogP contribution in [0.4, 0.5) is 0 Å². The fourth-order valence-corrected chi connectivity index (χ4v) is 2.12. The van der Waals surface area contributed by atoms with Crippen molar-refractivity contribution in [2.45, 2.75) is 67.7 Å². The molecule has 0 heteroatoms. The van der Waals surface area contributed by atoms with Crippen LogP contribution in [0.15, 0.2) is 55.2 Å². The molecule has 0 aromatic heterocycles. The lowest BCUT2D eigenvalue weighted by atomic mass is 9.83. The van der Waals surface area contributed by atoms with E-state index in [1.807, 2.05) is 26.0 Å². The van der Waals surface area contributed by atoms with Crippen molar-refractivity contribution in [1.82, 2.24) is 0 Å². The molecule has 0 bridgehead atoms. The fourth-order valence-electron chi connectivity index (χ4n) is 2.12. The molecular weight excluding hydrogens is 300 g/mol. The van der Waals surface area contributed by atoms with E-state index in [4.69, 9.17) is 0 Å². The van der Waals surface area contributed by atoms with E-state index in [1.54, 1.807) is 0 Å². The van der Waals surface area contributed by atoms with Gasteiger partial charge in [-0.05, 0) is 46.1 Å². The molecule has 138 valence electrons. The molecule has 0 saturated carbocycles. The van der Waals surface area contributed by atoms with Crippen molar-refractivity contribution in [3.63, 3.8) is 0 Å². The zero-order chi connectivity index (χ0) is 19.8. The molecule has 0 N–H and O–H groups in total. The van der Waals surface area contributed by atoms with E-state index >= 15 is 0 Å². The van der Waals surface area contributed by atoms with Gasteiger partial charge >= 0.3 is 0 Å². The Hall–Kier alpha value is -1.82. The summed E-state index contributed by atoms with van der Waals surface area (Å²) >= 11 is 0. The van der Waals surface area contributed by atoms with Crippen LogP contribution in [0.5, 0.6) is 0 Å². The van der Waals surface area contributed by atoms with Gasteiger partial charge in [-0.3, -0.25) is 0 Å². The van der Waals surface area contributed by atoms with E-state index in [9.17, 15) is 0 Å². The molecule has 0 aliphatic carbocycles. The summed E-state index contributed by atoms with van der Waals surface area (Å²) in [6.07, 6.45) is 8.22. The van der Waals surface area contributed by atoms with Crippen LogP contribution >= 0.6 is 0 Å². The van der Waals surface area contributed by atoms with Crippen molar-refractivity contribution in [3.05, 3.63) is 71.8 Å². The maximum Gasteiger partial charge on any atom is -0.0131 e. The van der Waals surface area contributed by atoms with E-state index in [1.165, 1.54) is 16.7 Å². The summed E-state index contributed by atoms with van der Waals surface area (Å²) in [6, 6.07) is 6.66. The van der Waals surface area contributed by atoms with Crippen LogP contribution in [0.1, 0.15) is 79.0 Å².